The summed E-state index contributed by atoms with van der Waals surface area (Å²) in [5, 5.41) is 10.5. The van der Waals surface area contributed by atoms with Crippen molar-refractivity contribution in [1.29, 1.82) is 0 Å². The van der Waals surface area contributed by atoms with Gasteiger partial charge in [0.15, 0.2) is 5.01 Å². The van der Waals surface area contributed by atoms with Crippen molar-refractivity contribution in [2.45, 2.75) is 12.2 Å². The Morgan fingerprint density at radius 2 is 2.25 bits per heavy atom. The molecule has 0 N–H and O–H groups in total. The van der Waals surface area contributed by atoms with Gasteiger partial charge in [-0.1, -0.05) is 34.2 Å². The molecular formula is C13H13BrFN3S2. The summed E-state index contributed by atoms with van der Waals surface area (Å²) in [4.78, 5) is 2.23. The lowest BCUT2D eigenvalue weighted by Crippen LogP contribution is -2.36. The Kier molecular flexibility index (Phi) is 4.28. The maximum atomic E-state index is 13.9. The van der Waals surface area contributed by atoms with Gasteiger partial charge in [-0.05, 0) is 18.2 Å². The van der Waals surface area contributed by atoms with Gasteiger partial charge < -0.3 is 4.90 Å². The highest BCUT2D eigenvalue weighted by molar-refractivity contribution is 9.10. The molecule has 1 aliphatic rings. The first-order chi connectivity index (χ1) is 9.63. The summed E-state index contributed by atoms with van der Waals surface area (Å²) in [5.74, 6) is 0.833. The third-order valence-corrected chi connectivity index (χ3v) is 5.73. The Morgan fingerprint density at radius 3 is 3.05 bits per heavy atom. The van der Waals surface area contributed by atoms with Crippen LogP contribution in [-0.4, -0.2) is 34.3 Å². The Balaban J connectivity index is 1.88. The quantitative estimate of drug-likeness (QED) is 0.793. The van der Waals surface area contributed by atoms with Gasteiger partial charge in [0.1, 0.15) is 5.82 Å². The molecule has 1 saturated heterocycles. The molecule has 0 spiro atoms. The SMILES string of the molecule is CC1CN(c2nnc(-c3cc(Br)ccc3F)s2)CCS1. The van der Waals surface area contributed by atoms with Crippen molar-refractivity contribution in [1.82, 2.24) is 10.2 Å². The number of hydrogen-bond donors (Lipinski definition) is 0. The average Bonchev–Trinajstić information content (AvgIpc) is 2.91. The second kappa shape index (κ2) is 5.99. The lowest BCUT2D eigenvalue weighted by atomic mass is 10.2. The molecule has 0 amide bonds. The van der Waals surface area contributed by atoms with Gasteiger partial charge in [0.25, 0.3) is 0 Å². The second-order valence-electron chi connectivity index (χ2n) is 4.64. The van der Waals surface area contributed by atoms with E-state index < -0.39 is 0 Å². The van der Waals surface area contributed by atoms with Crippen LogP contribution >= 0.6 is 39.0 Å². The van der Waals surface area contributed by atoms with Crippen molar-refractivity contribution >= 4 is 44.2 Å². The number of anilines is 1. The van der Waals surface area contributed by atoms with Crippen LogP contribution in [0.2, 0.25) is 0 Å². The molecule has 0 saturated carbocycles. The molecule has 2 aromatic rings. The Hall–Kier alpha value is -0.660. The van der Waals surface area contributed by atoms with E-state index in [0.29, 0.717) is 15.8 Å². The van der Waals surface area contributed by atoms with Crippen molar-refractivity contribution in [3.63, 3.8) is 0 Å². The van der Waals surface area contributed by atoms with E-state index >= 15 is 0 Å². The molecule has 2 heterocycles. The highest BCUT2D eigenvalue weighted by atomic mass is 79.9. The van der Waals surface area contributed by atoms with E-state index in [-0.39, 0.29) is 5.82 Å². The fraction of sp³-hybridized carbons (Fsp3) is 0.385. The fourth-order valence-electron chi connectivity index (χ4n) is 2.11. The van der Waals surface area contributed by atoms with Gasteiger partial charge in [-0.25, -0.2) is 4.39 Å². The Morgan fingerprint density at radius 1 is 1.40 bits per heavy atom. The lowest BCUT2D eigenvalue weighted by Gasteiger charge is -2.29. The largest absolute Gasteiger partial charge is 0.345 e. The summed E-state index contributed by atoms with van der Waals surface area (Å²) in [6.45, 7) is 4.16. The summed E-state index contributed by atoms with van der Waals surface area (Å²) >= 11 is 6.79. The Labute approximate surface area is 133 Å². The van der Waals surface area contributed by atoms with Crippen LogP contribution in [-0.2, 0) is 0 Å². The van der Waals surface area contributed by atoms with Gasteiger partial charge in [0.05, 0.1) is 0 Å². The lowest BCUT2D eigenvalue weighted by molar-refractivity contribution is 0.630. The second-order valence-corrected chi connectivity index (χ2v) is 8.06. The predicted molar refractivity (Wildman–Crippen MR) is 87.1 cm³/mol. The van der Waals surface area contributed by atoms with Crippen molar-refractivity contribution in [2.24, 2.45) is 0 Å². The van der Waals surface area contributed by atoms with Gasteiger partial charge in [-0.3, -0.25) is 0 Å². The van der Waals surface area contributed by atoms with Crippen molar-refractivity contribution in [3.05, 3.63) is 28.5 Å². The minimum atomic E-state index is -0.265. The number of benzene rings is 1. The maximum Gasteiger partial charge on any atom is 0.208 e. The number of halogens is 2. The van der Waals surface area contributed by atoms with Crippen molar-refractivity contribution in [2.75, 3.05) is 23.7 Å². The van der Waals surface area contributed by atoms with Crippen molar-refractivity contribution < 1.29 is 4.39 Å². The third kappa shape index (κ3) is 2.99. The zero-order chi connectivity index (χ0) is 14.1. The van der Waals surface area contributed by atoms with E-state index in [9.17, 15) is 4.39 Å². The number of aromatic nitrogens is 2. The normalized spacial score (nSPS) is 19.4. The van der Waals surface area contributed by atoms with Crippen LogP contribution in [0.25, 0.3) is 10.6 Å². The van der Waals surface area contributed by atoms with Gasteiger partial charge >= 0.3 is 0 Å². The molecule has 0 aliphatic carbocycles. The van der Waals surface area contributed by atoms with Crippen LogP contribution in [0.5, 0.6) is 0 Å². The van der Waals surface area contributed by atoms with E-state index in [2.05, 4.69) is 38.0 Å². The molecule has 7 heteroatoms. The highest BCUT2D eigenvalue weighted by Crippen LogP contribution is 2.33. The molecule has 1 fully saturated rings. The predicted octanol–water partition coefficient (Wildman–Crippen LogP) is 4.05. The topological polar surface area (TPSA) is 29.0 Å². The van der Waals surface area contributed by atoms with Crippen molar-refractivity contribution in [3.8, 4) is 10.6 Å². The smallest absolute Gasteiger partial charge is 0.208 e. The molecule has 20 heavy (non-hydrogen) atoms. The zero-order valence-electron chi connectivity index (χ0n) is 10.8. The zero-order valence-corrected chi connectivity index (χ0v) is 14.1. The third-order valence-electron chi connectivity index (χ3n) is 3.08. The van der Waals surface area contributed by atoms with E-state index in [1.807, 2.05) is 11.8 Å². The van der Waals surface area contributed by atoms with Crippen LogP contribution < -0.4 is 4.90 Å². The minimum Gasteiger partial charge on any atom is -0.345 e. The van der Waals surface area contributed by atoms with Gasteiger partial charge in [-0.15, -0.1) is 10.2 Å². The molecular weight excluding hydrogens is 361 g/mol. The fourth-order valence-corrected chi connectivity index (χ4v) is 4.38. The first kappa shape index (κ1) is 14.3. The molecule has 0 radical (unpaired) electrons. The summed E-state index contributed by atoms with van der Waals surface area (Å²) in [6, 6.07) is 4.87. The number of hydrogen-bond acceptors (Lipinski definition) is 5. The maximum absolute atomic E-state index is 13.9. The highest BCUT2D eigenvalue weighted by Gasteiger charge is 2.21. The van der Waals surface area contributed by atoms with Crippen LogP contribution in [0.4, 0.5) is 9.52 Å². The average molecular weight is 374 g/mol. The summed E-state index contributed by atoms with van der Waals surface area (Å²) in [7, 11) is 0. The number of rotatable bonds is 2. The van der Waals surface area contributed by atoms with E-state index in [1.54, 1.807) is 12.1 Å². The molecule has 3 nitrogen and oxygen atoms in total. The molecule has 1 aromatic heterocycles. The van der Waals surface area contributed by atoms with Crippen LogP contribution in [0.15, 0.2) is 22.7 Å². The number of nitrogens with zero attached hydrogens (tertiary/aromatic N) is 3. The standard InChI is InChI=1S/C13H13BrFN3S2/c1-8-7-18(4-5-19-8)13-17-16-12(20-13)10-6-9(14)2-3-11(10)15/h2-3,6,8H,4-5,7H2,1H3. The minimum absolute atomic E-state index is 0.265. The summed E-state index contributed by atoms with van der Waals surface area (Å²) in [5.41, 5.74) is 0.502. The van der Waals surface area contributed by atoms with Crippen LogP contribution in [0.3, 0.4) is 0 Å². The molecule has 1 aliphatic heterocycles. The molecule has 1 aromatic carbocycles. The van der Waals surface area contributed by atoms with E-state index in [1.165, 1.54) is 17.4 Å². The van der Waals surface area contributed by atoms with E-state index in [4.69, 9.17) is 0 Å². The molecule has 106 valence electrons. The summed E-state index contributed by atoms with van der Waals surface area (Å²) < 4.78 is 14.7. The Bertz CT molecular complexity index is 619. The molecule has 3 rings (SSSR count). The molecule has 0 bridgehead atoms. The molecule has 1 atom stereocenters. The van der Waals surface area contributed by atoms with Gasteiger partial charge in [0.2, 0.25) is 5.13 Å². The van der Waals surface area contributed by atoms with Gasteiger partial charge in [0, 0.05) is 34.1 Å². The molecule has 1 unspecified atom stereocenters. The first-order valence-electron chi connectivity index (χ1n) is 6.29. The monoisotopic (exact) mass is 373 g/mol. The number of thioether (sulfide) groups is 1. The van der Waals surface area contributed by atoms with Crippen LogP contribution in [0, 0.1) is 5.82 Å². The first-order valence-corrected chi connectivity index (χ1v) is 8.95. The summed E-state index contributed by atoms with van der Waals surface area (Å²) in [6.07, 6.45) is 0. The van der Waals surface area contributed by atoms with Crippen LogP contribution in [0.1, 0.15) is 6.92 Å². The van der Waals surface area contributed by atoms with Gasteiger partial charge in [-0.2, -0.15) is 11.8 Å². The van der Waals surface area contributed by atoms with E-state index in [0.717, 1.165) is 28.4 Å².